The number of benzene rings is 1. The molecule has 2 heterocycles. The number of allylic oxidation sites excluding steroid dienone is 3. The summed E-state index contributed by atoms with van der Waals surface area (Å²) in [5.41, 5.74) is 6.23. The summed E-state index contributed by atoms with van der Waals surface area (Å²) in [6, 6.07) is 5.49. The van der Waals surface area contributed by atoms with E-state index in [-0.39, 0.29) is 0 Å². The summed E-state index contributed by atoms with van der Waals surface area (Å²) >= 11 is 0. The van der Waals surface area contributed by atoms with Gasteiger partial charge >= 0.3 is 5.97 Å². The molecule has 3 rings (SSSR count). The third kappa shape index (κ3) is 4.02. The summed E-state index contributed by atoms with van der Waals surface area (Å²) < 4.78 is 0. The van der Waals surface area contributed by atoms with Crippen molar-refractivity contribution in [2.75, 3.05) is 6.54 Å². The number of fused-ring (bicyclic) bond motifs is 1. The molecule has 0 saturated carbocycles. The molecule has 142 valence electrons. The van der Waals surface area contributed by atoms with E-state index in [0.717, 1.165) is 59.8 Å². The molecule has 27 heavy (non-hydrogen) atoms. The van der Waals surface area contributed by atoms with E-state index in [9.17, 15) is 9.90 Å². The fraction of sp³-hybridized carbons (Fsp3) is 0.409. The van der Waals surface area contributed by atoms with E-state index in [1.807, 2.05) is 31.0 Å². The van der Waals surface area contributed by atoms with Crippen molar-refractivity contribution in [2.24, 2.45) is 16.0 Å². The molecule has 0 spiro atoms. The minimum atomic E-state index is -0.899. The average Bonchev–Trinajstić information content (AvgIpc) is 2.78. The molecule has 0 aliphatic carbocycles. The topological polar surface area (TPSA) is 65.3 Å². The number of carboxylic acids is 1. The van der Waals surface area contributed by atoms with Crippen molar-refractivity contribution < 1.29 is 9.90 Å². The number of rotatable bonds is 4. The Labute approximate surface area is 160 Å². The summed E-state index contributed by atoms with van der Waals surface area (Å²) in [5.74, 6) is -0.538. The quantitative estimate of drug-likeness (QED) is 0.826. The molecule has 0 aromatic heterocycles. The first-order valence-corrected chi connectivity index (χ1v) is 9.55. The van der Waals surface area contributed by atoms with E-state index in [1.165, 1.54) is 0 Å². The molecule has 5 nitrogen and oxygen atoms in total. The van der Waals surface area contributed by atoms with Gasteiger partial charge in [0.15, 0.2) is 0 Å². The molecule has 5 heteroatoms. The number of aryl methyl sites for hydroxylation is 1. The molecule has 1 unspecified atom stereocenters. The van der Waals surface area contributed by atoms with Crippen LogP contribution in [-0.2, 0) is 0 Å². The lowest BCUT2D eigenvalue weighted by Gasteiger charge is -2.30. The van der Waals surface area contributed by atoms with E-state index < -0.39 is 5.97 Å². The number of hydrazone groups is 1. The highest BCUT2D eigenvalue weighted by Gasteiger charge is 2.27. The molecule has 1 aromatic carbocycles. The molecular weight excluding hydrogens is 338 g/mol. The standard InChI is InChI=1S/C22H27N3O2/c1-5-10-23-19-13-16(4)24-25-20(19)9-6-14(2)11-21(25)17-7-8-18(22(26)27)15(3)12-17/h7-9,11-12,14H,5-6,10,13H2,1-4H3,(H,26,27). The summed E-state index contributed by atoms with van der Waals surface area (Å²) in [4.78, 5) is 16.2. The van der Waals surface area contributed by atoms with Crippen molar-refractivity contribution >= 4 is 23.1 Å². The Bertz CT molecular complexity index is 878. The lowest BCUT2D eigenvalue weighted by molar-refractivity contribution is 0.0696. The van der Waals surface area contributed by atoms with Gasteiger partial charge in [0.05, 0.1) is 22.7 Å². The van der Waals surface area contributed by atoms with Crippen molar-refractivity contribution in [1.82, 2.24) is 5.01 Å². The van der Waals surface area contributed by atoms with Crippen LogP contribution >= 0.6 is 0 Å². The van der Waals surface area contributed by atoms with Gasteiger partial charge in [0.25, 0.3) is 0 Å². The molecule has 0 radical (unpaired) electrons. The van der Waals surface area contributed by atoms with Crippen molar-refractivity contribution in [2.45, 2.75) is 47.0 Å². The van der Waals surface area contributed by atoms with E-state index in [2.05, 4.69) is 26.0 Å². The minimum Gasteiger partial charge on any atom is -0.478 e. The Balaban J connectivity index is 2.09. The molecule has 1 aromatic rings. The van der Waals surface area contributed by atoms with Crippen LogP contribution in [0.4, 0.5) is 0 Å². The first kappa shape index (κ1) is 19.1. The predicted octanol–water partition coefficient (Wildman–Crippen LogP) is 4.89. The van der Waals surface area contributed by atoms with E-state index in [1.54, 1.807) is 6.07 Å². The number of carbonyl (C=O) groups is 1. The van der Waals surface area contributed by atoms with Gasteiger partial charge in [0.2, 0.25) is 0 Å². The van der Waals surface area contributed by atoms with Crippen LogP contribution < -0.4 is 0 Å². The molecule has 2 aliphatic rings. The van der Waals surface area contributed by atoms with Crippen molar-refractivity contribution in [3.05, 3.63) is 52.7 Å². The second-order valence-corrected chi connectivity index (χ2v) is 7.34. The maximum Gasteiger partial charge on any atom is 0.335 e. The second kappa shape index (κ2) is 7.91. The highest BCUT2D eigenvalue weighted by atomic mass is 16.4. The van der Waals surface area contributed by atoms with Crippen molar-refractivity contribution in [1.29, 1.82) is 0 Å². The van der Waals surface area contributed by atoms with Gasteiger partial charge in [-0.15, -0.1) is 0 Å². The minimum absolute atomic E-state index is 0.334. The smallest absolute Gasteiger partial charge is 0.335 e. The summed E-state index contributed by atoms with van der Waals surface area (Å²) in [6.45, 7) is 9.00. The fourth-order valence-electron chi connectivity index (χ4n) is 3.47. The second-order valence-electron chi connectivity index (χ2n) is 7.34. The van der Waals surface area contributed by atoms with Gasteiger partial charge in [-0.3, -0.25) is 4.99 Å². The SMILES string of the molecule is CCCN=C1CC(C)=NN2C1=CCC(C)C=C2c1ccc(C(=O)O)c(C)c1. The van der Waals surface area contributed by atoms with Crippen LogP contribution in [0.2, 0.25) is 0 Å². The highest BCUT2D eigenvalue weighted by Crippen LogP contribution is 2.34. The zero-order valence-electron chi connectivity index (χ0n) is 16.5. The van der Waals surface area contributed by atoms with Crippen LogP contribution in [0, 0.1) is 12.8 Å². The molecule has 0 bridgehead atoms. The lowest BCUT2D eigenvalue weighted by Crippen LogP contribution is -2.29. The Morgan fingerprint density at radius 2 is 2.11 bits per heavy atom. The molecule has 1 N–H and O–H groups in total. The number of nitrogens with zero attached hydrogens (tertiary/aromatic N) is 3. The lowest BCUT2D eigenvalue weighted by atomic mass is 10.00. The summed E-state index contributed by atoms with van der Waals surface area (Å²) in [5, 5.41) is 16.1. The van der Waals surface area contributed by atoms with Gasteiger partial charge in [-0.1, -0.05) is 32.1 Å². The third-order valence-corrected chi connectivity index (χ3v) is 4.85. The highest BCUT2D eigenvalue weighted by molar-refractivity contribution is 6.14. The van der Waals surface area contributed by atoms with E-state index >= 15 is 0 Å². The van der Waals surface area contributed by atoms with E-state index in [4.69, 9.17) is 10.1 Å². The Morgan fingerprint density at radius 3 is 2.78 bits per heavy atom. The molecule has 0 saturated heterocycles. The maximum atomic E-state index is 11.4. The molecule has 2 aliphatic heterocycles. The molecule has 0 fully saturated rings. The largest absolute Gasteiger partial charge is 0.478 e. The number of hydrogen-bond donors (Lipinski definition) is 1. The third-order valence-electron chi connectivity index (χ3n) is 4.85. The fourth-order valence-corrected chi connectivity index (χ4v) is 3.47. The summed E-state index contributed by atoms with van der Waals surface area (Å²) in [7, 11) is 0. The average molecular weight is 365 g/mol. The molecule has 0 amide bonds. The van der Waals surface area contributed by atoms with Gasteiger partial charge in [-0.25, -0.2) is 9.80 Å². The Morgan fingerprint density at radius 1 is 1.33 bits per heavy atom. The normalized spacial score (nSPS) is 21.2. The van der Waals surface area contributed by atoms with E-state index in [0.29, 0.717) is 11.5 Å². The monoisotopic (exact) mass is 365 g/mol. The van der Waals surface area contributed by atoms with Crippen molar-refractivity contribution in [3.8, 4) is 0 Å². The van der Waals surface area contributed by atoms with Gasteiger partial charge < -0.3 is 5.11 Å². The zero-order valence-corrected chi connectivity index (χ0v) is 16.5. The van der Waals surface area contributed by atoms with Crippen LogP contribution in [0.1, 0.15) is 61.5 Å². The summed E-state index contributed by atoms with van der Waals surface area (Å²) in [6.07, 6.45) is 7.18. The van der Waals surface area contributed by atoms with Gasteiger partial charge in [-0.05, 0) is 50.3 Å². The van der Waals surface area contributed by atoms with Gasteiger partial charge in [0.1, 0.15) is 0 Å². The van der Waals surface area contributed by atoms with Crippen LogP contribution in [0.15, 0.2) is 46.1 Å². The predicted molar refractivity (Wildman–Crippen MR) is 110 cm³/mol. The van der Waals surface area contributed by atoms with Crippen molar-refractivity contribution in [3.63, 3.8) is 0 Å². The Kier molecular flexibility index (Phi) is 5.59. The number of hydrogen-bond acceptors (Lipinski definition) is 4. The maximum absolute atomic E-state index is 11.4. The Hall–Kier alpha value is -2.69. The molecular formula is C22H27N3O2. The number of carboxylic acid groups (broad SMARTS) is 1. The van der Waals surface area contributed by atoms with Gasteiger partial charge in [-0.2, -0.15) is 5.10 Å². The molecule has 1 atom stereocenters. The van der Waals surface area contributed by atoms with Crippen LogP contribution in [0.3, 0.4) is 0 Å². The number of aliphatic imine (C=N–C) groups is 1. The van der Waals surface area contributed by atoms with Crippen LogP contribution in [-0.4, -0.2) is 34.1 Å². The van der Waals surface area contributed by atoms with Crippen LogP contribution in [0.5, 0.6) is 0 Å². The van der Waals surface area contributed by atoms with Crippen LogP contribution in [0.25, 0.3) is 5.70 Å². The first-order valence-electron chi connectivity index (χ1n) is 9.55. The first-order chi connectivity index (χ1) is 12.9. The number of aromatic carboxylic acids is 1. The van der Waals surface area contributed by atoms with Gasteiger partial charge in [0, 0.05) is 24.2 Å². The zero-order chi connectivity index (χ0) is 19.6.